The summed E-state index contributed by atoms with van der Waals surface area (Å²) in [6.07, 6.45) is 0. The van der Waals surface area contributed by atoms with Crippen molar-refractivity contribution in [1.82, 2.24) is 17.5 Å². The molecule has 0 aliphatic heterocycles. The summed E-state index contributed by atoms with van der Waals surface area (Å²) in [5.41, 5.74) is 5.95. The van der Waals surface area contributed by atoms with E-state index in [0.29, 0.717) is 0 Å². The van der Waals surface area contributed by atoms with E-state index < -0.39 is 0 Å². The van der Waals surface area contributed by atoms with Gasteiger partial charge >= 0.3 is 0 Å². The zero-order valence-electron chi connectivity index (χ0n) is 9.67. The number of benzene rings is 2. The molecule has 20 heavy (non-hydrogen) atoms. The number of hydrogen-bond donors (Lipinski definition) is 0. The lowest BCUT2D eigenvalue weighted by Gasteiger charge is -2.04. The molecule has 0 atom stereocenters. The fourth-order valence-electron chi connectivity index (χ4n) is 2.11. The summed E-state index contributed by atoms with van der Waals surface area (Å²) >= 11 is 7.07. The fraction of sp³-hybridized carbons (Fsp3) is 0. The molecule has 0 bridgehead atoms. The number of rotatable bonds is 1. The minimum atomic E-state index is 0.942. The van der Waals surface area contributed by atoms with Gasteiger partial charge in [-0.15, -0.1) is 0 Å². The second-order valence-electron chi connectivity index (χ2n) is 4.11. The molecule has 0 aliphatic rings. The highest BCUT2D eigenvalue weighted by atomic mass is 127. The van der Waals surface area contributed by atoms with Crippen molar-refractivity contribution >= 4 is 90.7 Å². The first-order valence-electron chi connectivity index (χ1n) is 5.57. The van der Waals surface area contributed by atoms with Gasteiger partial charge in [-0.3, -0.25) is 0 Å². The third kappa shape index (κ3) is 1.96. The maximum atomic E-state index is 4.45. The summed E-state index contributed by atoms with van der Waals surface area (Å²) in [7, 11) is 0. The van der Waals surface area contributed by atoms with E-state index in [9.17, 15) is 0 Å². The van der Waals surface area contributed by atoms with Crippen LogP contribution < -0.4 is 0 Å². The van der Waals surface area contributed by atoms with E-state index in [2.05, 4.69) is 86.9 Å². The van der Waals surface area contributed by atoms with E-state index in [-0.39, 0.29) is 0 Å². The van der Waals surface area contributed by atoms with Crippen LogP contribution in [0, 0.1) is 7.14 Å². The van der Waals surface area contributed by atoms with Gasteiger partial charge in [0, 0.05) is 18.3 Å². The first-order chi connectivity index (χ1) is 9.75. The predicted octanol–water partition coefficient (Wildman–Crippen LogP) is 4.57. The van der Waals surface area contributed by atoms with Crippen molar-refractivity contribution in [3.05, 3.63) is 31.4 Å². The number of hydrogen-bond acceptors (Lipinski definition) is 6. The van der Waals surface area contributed by atoms with Gasteiger partial charge in [-0.2, -0.15) is 17.5 Å². The molecule has 0 N–H and O–H groups in total. The molecule has 4 aromatic rings. The number of halogens is 2. The molecule has 0 saturated carbocycles. The van der Waals surface area contributed by atoms with Gasteiger partial charge in [-0.1, -0.05) is 12.1 Å². The van der Waals surface area contributed by atoms with E-state index in [4.69, 9.17) is 0 Å². The Kier molecular flexibility index (Phi) is 3.35. The SMILES string of the molecule is Ic1ccc(-c2ccc(I)c3nsnc23)c2nsnc12. The Balaban J connectivity index is 2.12. The third-order valence-electron chi connectivity index (χ3n) is 3.02. The number of aromatic nitrogens is 4. The van der Waals surface area contributed by atoms with Crippen LogP contribution in [0.25, 0.3) is 33.2 Å². The van der Waals surface area contributed by atoms with Crippen LogP contribution in [0.2, 0.25) is 0 Å². The molecule has 0 aliphatic carbocycles. The van der Waals surface area contributed by atoms with Gasteiger partial charge in [0.1, 0.15) is 22.1 Å². The van der Waals surface area contributed by atoms with Crippen LogP contribution in [0.3, 0.4) is 0 Å². The minimum absolute atomic E-state index is 0.942. The smallest absolute Gasteiger partial charge is 0.118 e. The van der Waals surface area contributed by atoms with Crippen molar-refractivity contribution in [3.8, 4) is 11.1 Å². The first-order valence-corrected chi connectivity index (χ1v) is 9.19. The standard InChI is InChI=1S/C12H4I2N4S2/c13-7-3-1-5(9-11(7)17-19-15-9)6-2-4-8(14)12-10(6)16-20-18-12/h1-4H. The van der Waals surface area contributed by atoms with E-state index in [0.717, 1.165) is 40.3 Å². The molecule has 0 spiro atoms. The molecule has 2 aromatic heterocycles. The van der Waals surface area contributed by atoms with E-state index >= 15 is 0 Å². The molecule has 4 nitrogen and oxygen atoms in total. The van der Waals surface area contributed by atoms with Gasteiger partial charge in [0.05, 0.1) is 23.5 Å². The van der Waals surface area contributed by atoms with Crippen LogP contribution in [-0.2, 0) is 0 Å². The Morgan fingerprint density at radius 3 is 1.45 bits per heavy atom. The van der Waals surface area contributed by atoms with Crippen LogP contribution in [0.1, 0.15) is 0 Å². The second-order valence-corrected chi connectivity index (χ2v) is 7.49. The summed E-state index contributed by atoms with van der Waals surface area (Å²) in [6, 6.07) is 8.32. The summed E-state index contributed by atoms with van der Waals surface area (Å²) in [5.74, 6) is 0. The maximum absolute atomic E-state index is 4.45. The summed E-state index contributed by atoms with van der Waals surface area (Å²) in [4.78, 5) is 0. The maximum Gasteiger partial charge on any atom is 0.118 e. The van der Waals surface area contributed by atoms with Gasteiger partial charge in [0.2, 0.25) is 0 Å². The van der Waals surface area contributed by atoms with Crippen molar-refractivity contribution in [2.24, 2.45) is 0 Å². The van der Waals surface area contributed by atoms with E-state index in [1.807, 2.05) is 0 Å². The normalized spacial score (nSPS) is 11.5. The van der Waals surface area contributed by atoms with E-state index in [1.165, 1.54) is 23.5 Å². The molecule has 8 heteroatoms. The topological polar surface area (TPSA) is 51.6 Å². The highest BCUT2D eigenvalue weighted by Gasteiger charge is 2.15. The Morgan fingerprint density at radius 1 is 0.600 bits per heavy atom. The van der Waals surface area contributed by atoms with Gasteiger partial charge in [-0.05, 0) is 57.3 Å². The van der Waals surface area contributed by atoms with Crippen LogP contribution >= 0.6 is 68.6 Å². The van der Waals surface area contributed by atoms with Gasteiger partial charge in [0.25, 0.3) is 0 Å². The van der Waals surface area contributed by atoms with Crippen LogP contribution in [0.4, 0.5) is 0 Å². The van der Waals surface area contributed by atoms with Crippen LogP contribution in [-0.4, -0.2) is 17.5 Å². The quantitative estimate of drug-likeness (QED) is 0.344. The average molecular weight is 522 g/mol. The van der Waals surface area contributed by atoms with Crippen LogP contribution in [0.15, 0.2) is 24.3 Å². The molecule has 0 saturated heterocycles. The van der Waals surface area contributed by atoms with E-state index in [1.54, 1.807) is 0 Å². The third-order valence-corrected chi connectivity index (χ3v) is 5.82. The van der Waals surface area contributed by atoms with Crippen molar-refractivity contribution in [1.29, 1.82) is 0 Å². The fourth-order valence-corrected chi connectivity index (χ4v) is 4.69. The first kappa shape index (κ1) is 13.2. The molecule has 0 unspecified atom stereocenters. The molecule has 0 radical (unpaired) electrons. The van der Waals surface area contributed by atoms with Gasteiger partial charge in [0.15, 0.2) is 0 Å². The minimum Gasteiger partial charge on any atom is -0.172 e. The second kappa shape index (κ2) is 5.07. The van der Waals surface area contributed by atoms with Crippen molar-refractivity contribution < 1.29 is 0 Å². The molecule has 2 heterocycles. The lowest BCUT2D eigenvalue weighted by Crippen LogP contribution is -1.87. The molecule has 4 rings (SSSR count). The Hall–Kier alpha value is -0.460. The Labute approximate surface area is 149 Å². The molecule has 0 fully saturated rings. The zero-order chi connectivity index (χ0) is 13.7. The van der Waals surface area contributed by atoms with Crippen molar-refractivity contribution in [2.75, 3.05) is 0 Å². The highest BCUT2D eigenvalue weighted by molar-refractivity contribution is 14.1. The number of nitrogens with zero attached hydrogens (tertiary/aromatic N) is 4. The molecular weight excluding hydrogens is 518 g/mol. The lowest BCUT2D eigenvalue weighted by molar-refractivity contribution is 1.56. The molecule has 2 aromatic carbocycles. The predicted molar refractivity (Wildman–Crippen MR) is 99.3 cm³/mol. The molecule has 98 valence electrons. The summed E-state index contributed by atoms with van der Waals surface area (Å²) in [6.45, 7) is 0. The monoisotopic (exact) mass is 522 g/mol. The Bertz CT molecular complexity index is 869. The van der Waals surface area contributed by atoms with Crippen molar-refractivity contribution in [3.63, 3.8) is 0 Å². The van der Waals surface area contributed by atoms with Crippen LogP contribution in [0.5, 0.6) is 0 Å². The number of fused-ring (bicyclic) bond motifs is 2. The molecular formula is C12H4I2N4S2. The largest absolute Gasteiger partial charge is 0.172 e. The lowest BCUT2D eigenvalue weighted by atomic mass is 10.0. The van der Waals surface area contributed by atoms with Gasteiger partial charge < -0.3 is 0 Å². The average Bonchev–Trinajstić information content (AvgIpc) is 3.09. The molecule has 0 amide bonds. The zero-order valence-corrected chi connectivity index (χ0v) is 15.6. The summed E-state index contributed by atoms with van der Waals surface area (Å²) in [5, 5.41) is 0. The Morgan fingerprint density at radius 2 is 1.00 bits per heavy atom. The summed E-state index contributed by atoms with van der Waals surface area (Å²) < 4.78 is 19.9. The van der Waals surface area contributed by atoms with Gasteiger partial charge in [-0.25, -0.2) is 0 Å². The highest BCUT2D eigenvalue weighted by Crippen LogP contribution is 2.35. The van der Waals surface area contributed by atoms with Crippen molar-refractivity contribution in [2.45, 2.75) is 0 Å².